The fourth-order valence-electron chi connectivity index (χ4n) is 2.31. The monoisotopic (exact) mass is 331 g/mol. The van der Waals surface area contributed by atoms with Crippen LogP contribution in [-0.4, -0.2) is 28.9 Å². The molecule has 1 amide bonds. The first-order chi connectivity index (χ1) is 10.9. The van der Waals surface area contributed by atoms with Gasteiger partial charge in [-0.15, -0.1) is 0 Å². The number of carbonyl (C=O) groups is 1. The second-order valence-electron chi connectivity index (χ2n) is 5.87. The first-order valence-corrected chi connectivity index (χ1v) is 7.93. The molecule has 1 aromatic carbocycles. The van der Waals surface area contributed by atoms with E-state index in [4.69, 9.17) is 11.6 Å². The number of carbonyl (C=O) groups excluding carboxylic acids is 1. The van der Waals surface area contributed by atoms with Crippen LogP contribution in [0.4, 0.5) is 5.82 Å². The zero-order chi connectivity index (χ0) is 17.0. The Kier molecular flexibility index (Phi) is 5.74. The molecule has 0 aliphatic carbocycles. The molecule has 0 saturated carbocycles. The lowest BCUT2D eigenvalue weighted by atomic mass is 10.0. The zero-order valence-corrected chi connectivity index (χ0v) is 14.7. The van der Waals surface area contributed by atoms with E-state index in [1.165, 1.54) is 22.9 Å². The molecular weight excluding hydrogens is 310 g/mol. The quantitative estimate of drug-likeness (QED) is 0.906. The van der Waals surface area contributed by atoms with Crippen LogP contribution in [0.5, 0.6) is 0 Å². The van der Waals surface area contributed by atoms with Crippen molar-refractivity contribution in [1.29, 1.82) is 0 Å². The molecule has 0 spiro atoms. The van der Waals surface area contributed by atoms with E-state index < -0.39 is 0 Å². The highest BCUT2D eigenvalue weighted by Gasteiger charge is 2.19. The molecule has 0 aliphatic rings. The summed E-state index contributed by atoms with van der Waals surface area (Å²) in [5.74, 6) is 0.415. The average molecular weight is 332 g/mol. The van der Waals surface area contributed by atoms with Gasteiger partial charge in [0, 0.05) is 12.7 Å². The van der Waals surface area contributed by atoms with Gasteiger partial charge < -0.3 is 5.32 Å². The van der Waals surface area contributed by atoms with E-state index in [9.17, 15) is 4.79 Å². The SMILES string of the molecule is Cc1ccc(CN(C)C(C)C(=O)Nc2ccc(Cl)cn2)c(C)c1. The Bertz CT molecular complexity index is 685. The van der Waals surface area contributed by atoms with Gasteiger partial charge in [-0.05, 0) is 51.1 Å². The molecule has 0 fully saturated rings. The summed E-state index contributed by atoms with van der Waals surface area (Å²) in [6.45, 7) is 6.78. The van der Waals surface area contributed by atoms with Crippen LogP contribution in [0.25, 0.3) is 0 Å². The van der Waals surface area contributed by atoms with E-state index in [2.05, 4.69) is 42.3 Å². The summed E-state index contributed by atoms with van der Waals surface area (Å²) in [6, 6.07) is 9.50. The van der Waals surface area contributed by atoms with E-state index in [1.54, 1.807) is 12.1 Å². The number of halogens is 1. The van der Waals surface area contributed by atoms with Gasteiger partial charge in [0.25, 0.3) is 0 Å². The summed E-state index contributed by atoms with van der Waals surface area (Å²) >= 11 is 5.79. The van der Waals surface area contributed by atoms with Crippen molar-refractivity contribution in [2.75, 3.05) is 12.4 Å². The fourth-order valence-corrected chi connectivity index (χ4v) is 2.42. The van der Waals surface area contributed by atoms with Gasteiger partial charge in [-0.25, -0.2) is 4.98 Å². The molecule has 122 valence electrons. The normalized spacial score (nSPS) is 12.3. The number of rotatable bonds is 5. The number of anilines is 1. The molecule has 1 heterocycles. The lowest BCUT2D eigenvalue weighted by molar-refractivity contribution is -0.120. The third kappa shape index (κ3) is 4.78. The summed E-state index contributed by atoms with van der Waals surface area (Å²) in [5, 5.41) is 3.35. The largest absolute Gasteiger partial charge is 0.309 e. The molecule has 1 unspecified atom stereocenters. The van der Waals surface area contributed by atoms with Gasteiger partial charge >= 0.3 is 0 Å². The summed E-state index contributed by atoms with van der Waals surface area (Å²) in [7, 11) is 1.94. The van der Waals surface area contributed by atoms with Crippen molar-refractivity contribution >= 4 is 23.3 Å². The van der Waals surface area contributed by atoms with Crippen molar-refractivity contribution in [2.45, 2.75) is 33.4 Å². The highest BCUT2D eigenvalue weighted by molar-refractivity contribution is 6.30. The number of nitrogens with zero attached hydrogens (tertiary/aromatic N) is 2. The first kappa shape index (κ1) is 17.4. The van der Waals surface area contributed by atoms with Gasteiger partial charge in [-0.1, -0.05) is 35.4 Å². The van der Waals surface area contributed by atoms with Crippen LogP contribution < -0.4 is 5.32 Å². The molecule has 5 heteroatoms. The summed E-state index contributed by atoms with van der Waals surface area (Å²) in [5.41, 5.74) is 3.71. The predicted molar refractivity (Wildman–Crippen MR) is 94.7 cm³/mol. The number of pyridine rings is 1. The number of aryl methyl sites for hydroxylation is 2. The van der Waals surface area contributed by atoms with Gasteiger partial charge in [0.1, 0.15) is 5.82 Å². The van der Waals surface area contributed by atoms with Crippen molar-refractivity contribution in [3.8, 4) is 0 Å². The minimum Gasteiger partial charge on any atom is -0.309 e. The standard InChI is InChI=1S/C18H22ClN3O/c1-12-5-6-15(13(2)9-12)11-22(4)14(3)18(23)21-17-8-7-16(19)10-20-17/h5-10,14H,11H2,1-4H3,(H,20,21,23). The molecule has 0 saturated heterocycles. The van der Waals surface area contributed by atoms with Crippen LogP contribution in [-0.2, 0) is 11.3 Å². The van der Waals surface area contributed by atoms with Crippen LogP contribution in [0.2, 0.25) is 5.02 Å². The maximum atomic E-state index is 12.3. The van der Waals surface area contributed by atoms with Crippen LogP contribution in [0.3, 0.4) is 0 Å². The highest BCUT2D eigenvalue weighted by Crippen LogP contribution is 2.15. The van der Waals surface area contributed by atoms with Crippen LogP contribution >= 0.6 is 11.6 Å². The summed E-state index contributed by atoms with van der Waals surface area (Å²) in [6.07, 6.45) is 1.52. The third-order valence-corrected chi connectivity index (χ3v) is 4.16. The molecular formula is C18H22ClN3O. The number of amides is 1. The van der Waals surface area contributed by atoms with Crippen molar-refractivity contribution in [1.82, 2.24) is 9.88 Å². The fraction of sp³-hybridized carbons (Fsp3) is 0.333. The van der Waals surface area contributed by atoms with E-state index in [-0.39, 0.29) is 11.9 Å². The van der Waals surface area contributed by atoms with Crippen molar-refractivity contribution in [3.63, 3.8) is 0 Å². The van der Waals surface area contributed by atoms with Gasteiger partial charge in [-0.3, -0.25) is 9.69 Å². The Labute approximate surface area is 142 Å². The van der Waals surface area contributed by atoms with Gasteiger partial charge in [0.05, 0.1) is 11.1 Å². The summed E-state index contributed by atoms with van der Waals surface area (Å²) < 4.78 is 0. The molecule has 23 heavy (non-hydrogen) atoms. The van der Waals surface area contributed by atoms with E-state index in [0.29, 0.717) is 10.8 Å². The number of hydrogen-bond donors (Lipinski definition) is 1. The average Bonchev–Trinajstić information content (AvgIpc) is 2.51. The first-order valence-electron chi connectivity index (χ1n) is 7.55. The van der Waals surface area contributed by atoms with Gasteiger partial charge in [0.15, 0.2) is 0 Å². The van der Waals surface area contributed by atoms with Crippen LogP contribution in [0.15, 0.2) is 36.5 Å². The second-order valence-corrected chi connectivity index (χ2v) is 6.31. The Hall–Kier alpha value is -1.91. The number of hydrogen-bond acceptors (Lipinski definition) is 3. The lowest BCUT2D eigenvalue weighted by Crippen LogP contribution is -2.39. The predicted octanol–water partition coefficient (Wildman–Crippen LogP) is 3.81. The third-order valence-electron chi connectivity index (χ3n) is 3.94. The lowest BCUT2D eigenvalue weighted by Gasteiger charge is -2.24. The number of benzene rings is 1. The van der Waals surface area contributed by atoms with Crippen LogP contribution in [0.1, 0.15) is 23.6 Å². The van der Waals surface area contributed by atoms with E-state index in [0.717, 1.165) is 6.54 Å². The maximum Gasteiger partial charge on any atom is 0.242 e. The molecule has 1 atom stereocenters. The topological polar surface area (TPSA) is 45.2 Å². The van der Waals surface area contributed by atoms with E-state index >= 15 is 0 Å². The Morgan fingerprint density at radius 1 is 1.30 bits per heavy atom. The highest BCUT2D eigenvalue weighted by atomic mass is 35.5. The molecule has 0 bridgehead atoms. The Morgan fingerprint density at radius 2 is 2.04 bits per heavy atom. The molecule has 4 nitrogen and oxygen atoms in total. The van der Waals surface area contributed by atoms with Crippen LogP contribution in [0, 0.1) is 13.8 Å². The minimum absolute atomic E-state index is 0.0907. The number of nitrogens with one attached hydrogen (secondary N) is 1. The number of likely N-dealkylation sites (N-methyl/N-ethyl adjacent to an activating group) is 1. The molecule has 2 rings (SSSR count). The molecule has 2 aromatic rings. The van der Waals surface area contributed by atoms with Crippen molar-refractivity contribution in [3.05, 3.63) is 58.2 Å². The molecule has 1 aromatic heterocycles. The minimum atomic E-state index is -0.270. The Balaban J connectivity index is 1.99. The number of aromatic nitrogens is 1. The molecule has 0 radical (unpaired) electrons. The maximum absolute atomic E-state index is 12.3. The molecule has 0 aliphatic heterocycles. The van der Waals surface area contributed by atoms with Crippen molar-refractivity contribution < 1.29 is 4.79 Å². The zero-order valence-electron chi connectivity index (χ0n) is 13.9. The Morgan fingerprint density at radius 3 is 2.65 bits per heavy atom. The van der Waals surface area contributed by atoms with Crippen molar-refractivity contribution in [2.24, 2.45) is 0 Å². The molecule has 1 N–H and O–H groups in total. The smallest absolute Gasteiger partial charge is 0.242 e. The van der Waals surface area contributed by atoms with Gasteiger partial charge in [-0.2, -0.15) is 0 Å². The second kappa shape index (κ2) is 7.57. The van der Waals surface area contributed by atoms with E-state index in [1.807, 2.05) is 18.9 Å². The van der Waals surface area contributed by atoms with Gasteiger partial charge in [0.2, 0.25) is 5.91 Å². The summed E-state index contributed by atoms with van der Waals surface area (Å²) in [4.78, 5) is 18.4.